The largest absolute Gasteiger partial charge is 0.397 e. The Morgan fingerprint density at radius 3 is 2.69 bits per heavy atom. The molecule has 1 aliphatic rings. The summed E-state index contributed by atoms with van der Waals surface area (Å²) in [6.07, 6.45) is 3.03. The first-order valence-electron chi connectivity index (χ1n) is 8.77. The van der Waals surface area contributed by atoms with Gasteiger partial charge in [0, 0.05) is 29.5 Å². The summed E-state index contributed by atoms with van der Waals surface area (Å²) >= 11 is 3.51. The van der Waals surface area contributed by atoms with Crippen LogP contribution in [0.15, 0.2) is 46.9 Å². The van der Waals surface area contributed by atoms with Crippen LogP contribution in [0.4, 0.5) is 11.4 Å². The molecule has 0 fully saturated rings. The van der Waals surface area contributed by atoms with Crippen LogP contribution in [-0.4, -0.2) is 23.3 Å². The fourth-order valence-electron chi connectivity index (χ4n) is 3.12. The van der Waals surface area contributed by atoms with Crippen LogP contribution >= 0.6 is 15.9 Å². The minimum absolute atomic E-state index is 0.0310. The normalized spacial score (nSPS) is 13.0. The number of anilines is 2. The number of carbonyl (C=O) groups excluding carboxylic acids is 2. The van der Waals surface area contributed by atoms with Gasteiger partial charge in [-0.15, -0.1) is 0 Å². The molecule has 0 aliphatic carbocycles. The maximum atomic E-state index is 12.4. The molecular weight excluding hydrogens is 394 g/mol. The summed E-state index contributed by atoms with van der Waals surface area (Å²) in [7, 11) is 0. The Morgan fingerprint density at radius 2 is 1.92 bits per heavy atom. The van der Waals surface area contributed by atoms with Crippen LogP contribution in [0.3, 0.4) is 0 Å². The molecule has 1 aliphatic heterocycles. The molecule has 0 radical (unpaired) electrons. The maximum Gasteiger partial charge on any atom is 0.254 e. The van der Waals surface area contributed by atoms with Gasteiger partial charge in [-0.1, -0.05) is 40.5 Å². The highest BCUT2D eigenvalue weighted by atomic mass is 79.9. The van der Waals surface area contributed by atoms with Crippen LogP contribution in [0.25, 0.3) is 0 Å². The van der Waals surface area contributed by atoms with Crippen molar-refractivity contribution in [3.63, 3.8) is 0 Å². The summed E-state index contributed by atoms with van der Waals surface area (Å²) in [5.41, 5.74) is 8.90. The third-order valence-electron chi connectivity index (χ3n) is 4.55. The highest BCUT2D eigenvalue weighted by Crippen LogP contribution is 2.29. The third-order valence-corrected chi connectivity index (χ3v) is 5.30. The van der Waals surface area contributed by atoms with E-state index in [0.29, 0.717) is 30.9 Å². The Kier molecular flexibility index (Phi) is 5.93. The zero-order chi connectivity index (χ0) is 18.5. The number of halogens is 1. The molecule has 6 heteroatoms. The van der Waals surface area contributed by atoms with Gasteiger partial charge in [0.25, 0.3) is 5.91 Å². The van der Waals surface area contributed by atoms with Crippen LogP contribution in [-0.2, 0) is 11.3 Å². The highest BCUT2D eigenvalue weighted by Gasteiger charge is 2.27. The van der Waals surface area contributed by atoms with Gasteiger partial charge in [-0.2, -0.15) is 0 Å². The van der Waals surface area contributed by atoms with Crippen molar-refractivity contribution in [1.82, 2.24) is 4.90 Å². The van der Waals surface area contributed by atoms with Gasteiger partial charge in [-0.05, 0) is 42.7 Å². The van der Waals surface area contributed by atoms with E-state index in [2.05, 4.69) is 21.2 Å². The second kappa shape index (κ2) is 8.36. The number of para-hydroxylation sites is 2. The van der Waals surface area contributed by atoms with Crippen LogP contribution < -0.4 is 11.1 Å². The van der Waals surface area contributed by atoms with Gasteiger partial charge in [0.2, 0.25) is 5.91 Å². The third kappa shape index (κ3) is 4.25. The summed E-state index contributed by atoms with van der Waals surface area (Å²) in [5, 5.41) is 2.83. The predicted molar refractivity (Wildman–Crippen MR) is 107 cm³/mol. The van der Waals surface area contributed by atoms with E-state index in [9.17, 15) is 9.59 Å². The number of nitrogens with one attached hydrogen (secondary N) is 1. The van der Waals surface area contributed by atoms with E-state index in [1.54, 1.807) is 12.1 Å². The minimum Gasteiger partial charge on any atom is -0.397 e. The summed E-state index contributed by atoms with van der Waals surface area (Å²) in [6, 6.07) is 13.0. The first-order valence-corrected chi connectivity index (χ1v) is 9.56. The van der Waals surface area contributed by atoms with Crippen LogP contribution in [0.5, 0.6) is 0 Å². The second-order valence-electron chi connectivity index (χ2n) is 6.44. The number of rotatable bonds is 7. The number of nitrogens with two attached hydrogens (primary N) is 1. The van der Waals surface area contributed by atoms with Crippen molar-refractivity contribution >= 4 is 39.1 Å². The van der Waals surface area contributed by atoms with Crippen molar-refractivity contribution in [2.75, 3.05) is 17.6 Å². The Hall–Kier alpha value is -2.34. The number of unbranched alkanes of at least 4 members (excludes halogenated alkanes) is 2. The Morgan fingerprint density at radius 1 is 1.12 bits per heavy atom. The fourth-order valence-corrected chi connectivity index (χ4v) is 3.61. The molecule has 0 aromatic heterocycles. The zero-order valence-electron chi connectivity index (χ0n) is 14.5. The number of nitrogen functional groups attached to an aromatic ring is 1. The molecule has 0 saturated carbocycles. The standard InChI is InChI=1S/C20H22BrN3O2/c21-16-8-6-7-14-15(16)13-24(20(14)26)12-5-1-2-11-19(25)23-18-10-4-3-9-17(18)22/h3-4,6-10H,1-2,5,11-13,22H2,(H,23,25). The van der Waals surface area contributed by atoms with Crippen LogP contribution in [0, 0.1) is 0 Å². The maximum absolute atomic E-state index is 12.4. The average molecular weight is 416 g/mol. The van der Waals surface area contributed by atoms with Gasteiger partial charge in [-0.3, -0.25) is 9.59 Å². The van der Waals surface area contributed by atoms with Gasteiger partial charge >= 0.3 is 0 Å². The zero-order valence-corrected chi connectivity index (χ0v) is 16.1. The van der Waals surface area contributed by atoms with Gasteiger partial charge < -0.3 is 16.0 Å². The molecule has 5 nitrogen and oxygen atoms in total. The van der Waals surface area contributed by atoms with Crippen LogP contribution in [0.2, 0.25) is 0 Å². The number of fused-ring (bicyclic) bond motifs is 1. The van der Waals surface area contributed by atoms with Gasteiger partial charge in [-0.25, -0.2) is 0 Å². The molecule has 0 bridgehead atoms. The van der Waals surface area contributed by atoms with Crippen LogP contribution in [0.1, 0.15) is 41.6 Å². The van der Waals surface area contributed by atoms with E-state index < -0.39 is 0 Å². The van der Waals surface area contributed by atoms with Crippen molar-refractivity contribution in [1.29, 1.82) is 0 Å². The lowest BCUT2D eigenvalue weighted by Gasteiger charge is -2.15. The minimum atomic E-state index is -0.0310. The smallest absolute Gasteiger partial charge is 0.254 e. The van der Waals surface area contributed by atoms with E-state index in [1.807, 2.05) is 35.2 Å². The molecule has 2 amide bonds. The van der Waals surface area contributed by atoms with E-state index in [0.717, 1.165) is 34.9 Å². The molecule has 1 heterocycles. The number of carbonyl (C=O) groups is 2. The predicted octanol–water partition coefficient (Wildman–Crippen LogP) is 4.19. The summed E-state index contributed by atoms with van der Waals surface area (Å²) in [5.74, 6) is 0.0649. The molecule has 0 atom stereocenters. The lowest BCUT2D eigenvalue weighted by atomic mass is 10.1. The fraction of sp³-hybridized carbons (Fsp3) is 0.300. The molecule has 0 saturated heterocycles. The lowest BCUT2D eigenvalue weighted by molar-refractivity contribution is -0.116. The number of benzene rings is 2. The molecular formula is C20H22BrN3O2. The molecule has 0 spiro atoms. The quantitative estimate of drug-likeness (QED) is 0.525. The van der Waals surface area contributed by atoms with E-state index >= 15 is 0 Å². The molecule has 2 aromatic rings. The Bertz CT molecular complexity index is 822. The van der Waals surface area contributed by atoms with E-state index in [-0.39, 0.29) is 11.8 Å². The molecule has 3 N–H and O–H groups in total. The van der Waals surface area contributed by atoms with Gasteiger partial charge in [0.15, 0.2) is 0 Å². The molecule has 3 rings (SSSR count). The highest BCUT2D eigenvalue weighted by molar-refractivity contribution is 9.10. The molecule has 136 valence electrons. The van der Waals surface area contributed by atoms with E-state index in [4.69, 9.17) is 5.73 Å². The second-order valence-corrected chi connectivity index (χ2v) is 7.29. The average Bonchev–Trinajstić information content (AvgIpc) is 2.94. The number of hydrogen-bond acceptors (Lipinski definition) is 3. The SMILES string of the molecule is Nc1ccccc1NC(=O)CCCCCN1Cc2c(Br)cccc2C1=O. The summed E-state index contributed by atoms with van der Waals surface area (Å²) in [4.78, 5) is 26.2. The summed E-state index contributed by atoms with van der Waals surface area (Å²) < 4.78 is 0.989. The first kappa shape index (κ1) is 18.5. The van der Waals surface area contributed by atoms with E-state index in [1.165, 1.54) is 0 Å². The first-order chi connectivity index (χ1) is 12.6. The van der Waals surface area contributed by atoms with Crippen molar-refractivity contribution in [3.05, 3.63) is 58.1 Å². The van der Waals surface area contributed by atoms with Gasteiger partial charge in [0.05, 0.1) is 11.4 Å². The lowest BCUT2D eigenvalue weighted by Crippen LogP contribution is -2.25. The molecule has 2 aromatic carbocycles. The molecule has 26 heavy (non-hydrogen) atoms. The monoisotopic (exact) mass is 415 g/mol. The molecule has 0 unspecified atom stereocenters. The number of hydrogen-bond donors (Lipinski definition) is 2. The van der Waals surface area contributed by atoms with Crippen molar-refractivity contribution in [2.45, 2.75) is 32.2 Å². The topological polar surface area (TPSA) is 75.4 Å². The Labute approximate surface area is 161 Å². The van der Waals surface area contributed by atoms with Crippen molar-refractivity contribution in [2.24, 2.45) is 0 Å². The number of amides is 2. The summed E-state index contributed by atoms with van der Waals surface area (Å²) in [6.45, 7) is 1.37. The van der Waals surface area contributed by atoms with Crippen molar-refractivity contribution < 1.29 is 9.59 Å². The van der Waals surface area contributed by atoms with Crippen molar-refractivity contribution in [3.8, 4) is 0 Å². The Balaban J connectivity index is 1.38. The van der Waals surface area contributed by atoms with Gasteiger partial charge in [0.1, 0.15) is 0 Å². The number of nitrogens with zero attached hydrogens (tertiary/aromatic N) is 1.